The van der Waals surface area contributed by atoms with Crippen LogP contribution in [0, 0.1) is 10.1 Å². The lowest BCUT2D eigenvalue weighted by Gasteiger charge is -2.06. The van der Waals surface area contributed by atoms with Gasteiger partial charge in [-0.1, -0.05) is 6.07 Å². The summed E-state index contributed by atoms with van der Waals surface area (Å²) in [5.74, 6) is -1.54. The number of aromatic hydroxyl groups is 1. The van der Waals surface area contributed by atoms with Crippen molar-refractivity contribution in [3.8, 4) is 11.5 Å². The van der Waals surface area contributed by atoms with Crippen LogP contribution in [0.25, 0.3) is 0 Å². The zero-order chi connectivity index (χ0) is 8.43. The minimum atomic E-state index is -0.947. The van der Waals surface area contributed by atoms with E-state index in [9.17, 15) is 15.2 Å². The van der Waals surface area contributed by atoms with Gasteiger partial charge >= 0.3 is 0 Å². The van der Waals surface area contributed by atoms with Gasteiger partial charge in [0.2, 0.25) is 0 Å². The lowest BCUT2D eigenvalue weighted by Crippen LogP contribution is -1.97. The lowest BCUT2D eigenvalue weighted by atomic mass is 10.3. The Hall–Kier alpha value is -1.78. The van der Waals surface area contributed by atoms with Crippen LogP contribution in [0.1, 0.15) is 0 Å². The Balaban J connectivity index is 3.27. The molecule has 1 N–H and O–H groups in total. The molecule has 0 atom stereocenters. The summed E-state index contributed by atoms with van der Waals surface area (Å²) in [4.78, 5) is 9.24. The van der Waals surface area contributed by atoms with E-state index in [-0.39, 0.29) is 0 Å². The average molecular weight is 154 g/mol. The van der Waals surface area contributed by atoms with Crippen molar-refractivity contribution >= 4 is 5.69 Å². The smallest absolute Gasteiger partial charge is 0.265 e. The Labute approximate surface area is 61.7 Å². The molecule has 0 saturated carbocycles. The standard InChI is InChI=1S/C6H5NO4/c8-5-3-1-2-4(6(5)9)7(10)11/h1-3,8-9H/p-1. The largest absolute Gasteiger partial charge is 0.865 e. The molecular formula is C6H4NO4-. The lowest BCUT2D eigenvalue weighted by molar-refractivity contribution is -0.398. The minimum absolute atomic E-state index is 0.598. The normalized spacial score (nSPS) is 9.45. The molecule has 1 aromatic rings. The highest BCUT2D eigenvalue weighted by Crippen LogP contribution is 2.30. The molecule has 0 aromatic heterocycles. The molecule has 0 amide bonds. The van der Waals surface area contributed by atoms with Gasteiger partial charge in [0.05, 0.1) is 4.92 Å². The first-order valence-corrected chi connectivity index (χ1v) is 2.76. The van der Waals surface area contributed by atoms with Crippen LogP contribution in [-0.2, 0) is 0 Å². The molecular weight excluding hydrogens is 150 g/mol. The van der Waals surface area contributed by atoms with Gasteiger partial charge < -0.3 is 10.2 Å². The van der Waals surface area contributed by atoms with Crippen molar-refractivity contribution in [1.82, 2.24) is 0 Å². The summed E-state index contributed by atoms with van der Waals surface area (Å²) in [6.45, 7) is 0. The van der Waals surface area contributed by atoms with E-state index < -0.39 is 22.1 Å². The molecule has 1 aromatic carbocycles. The second-order valence-electron chi connectivity index (χ2n) is 1.88. The fourth-order valence-corrected chi connectivity index (χ4v) is 0.657. The first-order chi connectivity index (χ1) is 5.13. The molecule has 11 heavy (non-hydrogen) atoms. The molecule has 0 aliphatic carbocycles. The predicted molar refractivity (Wildman–Crippen MR) is 34.2 cm³/mol. The first kappa shape index (κ1) is 7.33. The number of rotatable bonds is 1. The summed E-state index contributed by atoms with van der Waals surface area (Å²) < 4.78 is 0. The zero-order valence-electron chi connectivity index (χ0n) is 5.35. The van der Waals surface area contributed by atoms with Crippen LogP contribution in [0.5, 0.6) is 11.5 Å². The van der Waals surface area contributed by atoms with E-state index in [1.54, 1.807) is 0 Å². The van der Waals surface area contributed by atoms with E-state index in [2.05, 4.69) is 0 Å². The van der Waals surface area contributed by atoms with Gasteiger partial charge in [0.25, 0.3) is 5.69 Å². The van der Waals surface area contributed by atoms with Gasteiger partial charge in [-0.3, -0.25) is 10.1 Å². The predicted octanol–water partition coefficient (Wildman–Crippen LogP) is 0.374. The van der Waals surface area contributed by atoms with Crippen LogP contribution in [-0.4, -0.2) is 10.0 Å². The summed E-state index contributed by atoms with van der Waals surface area (Å²) >= 11 is 0. The van der Waals surface area contributed by atoms with E-state index in [0.29, 0.717) is 0 Å². The van der Waals surface area contributed by atoms with Crippen molar-refractivity contribution in [3.63, 3.8) is 0 Å². The number of hydrogen-bond acceptors (Lipinski definition) is 4. The van der Waals surface area contributed by atoms with Gasteiger partial charge in [-0.05, 0) is 6.07 Å². The number of nitrogens with zero attached hydrogens (tertiary/aromatic N) is 1. The fourth-order valence-electron chi connectivity index (χ4n) is 0.657. The molecule has 1 rings (SSSR count). The molecule has 58 valence electrons. The maximum absolute atomic E-state index is 10.7. The molecule has 0 radical (unpaired) electrons. The Morgan fingerprint density at radius 1 is 1.45 bits per heavy atom. The van der Waals surface area contributed by atoms with Crippen LogP contribution >= 0.6 is 0 Å². The van der Waals surface area contributed by atoms with E-state index in [1.807, 2.05) is 0 Å². The Morgan fingerprint density at radius 3 is 2.55 bits per heavy atom. The number of phenols is 1. The van der Waals surface area contributed by atoms with Crippen molar-refractivity contribution < 1.29 is 15.1 Å². The summed E-state index contributed by atoms with van der Waals surface area (Å²) in [6, 6.07) is 3.40. The topological polar surface area (TPSA) is 86.4 Å². The third kappa shape index (κ3) is 1.21. The maximum atomic E-state index is 10.7. The van der Waals surface area contributed by atoms with Gasteiger partial charge in [0.1, 0.15) is 5.75 Å². The number of nitro benzene ring substituents is 1. The highest BCUT2D eigenvalue weighted by molar-refractivity contribution is 5.52. The Morgan fingerprint density at radius 2 is 2.09 bits per heavy atom. The van der Waals surface area contributed by atoms with Crippen molar-refractivity contribution in [2.75, 3.05) is 0 Å². The van der Waals surface area contributed by atoms with E-state index >= 15 is 0 Å². The van der Waals surface area contributed by atoms with Crippen LogP contribution in [0.3, 0.4) is 0 Å². The molecule has 0 aliphatic heterocycles. The van der Waals surface area contributed by atoms with Crippen LogP contribution < -0.4 is 5.11 Å². The van der Waals surface area contributed by atoms with Crippen LogP contribution in [0.15, 0.2) is 18.2 Å². The number of nitro groups is 1. The summed E-state index contributed by atoms with van der Waals surface area (Å²) in [7, 11) is 0. The van der Waals surface area contributed by atoms with Crippen LogP contribution in [0.2, 0.25) is 0 Å². The van der Waals surface area contributed by atoms with Crippen molar-refractivity contribution in [1.29, 1.82) is 0 Å². The van der Waals surface area contributed by atoms with Crippen LogP contribution in [0.4, 0.5) is 5.69 Å². The number of phenolic OH excluding ortho intramolecular Hbond substituents is 1. The second kappa shape index (κ2) is 2.45. The third-order valence-corrected chi connectivity index (χ3v) is 1.17. The Kier molecular flexibility index (Phi) is 1.63. The summed E-state index contributed by atoms with van der Waals surface area (Å²) in [5.41, 5.74) is -0.606. The third-order valence-electron chi connectivity index (χ3n) is 1.17. The molecule has 0 fully saturated rings. The second-order valence-corrected chi connectivity index (χ2v) is 1.88. The maximum Gasteiger partial charge on any atom is 0.265 e. The van der Waals surface area contributed by atoms with Crippen molar-refractivity contribution in [2.24, 2.45) is 0 Å². The fraction of sp³-hybridized carbons (Fsp3) is 0. The van der Waals surface area contributed by atoms with E-state index in [0.717, 1.165) is 12.1 Å². The monoisotopic (exact) mass is 154 g/mol. The highest BCUT2D eigenvalue weighted by atomic mass is 16.6. The molecule has 0 unspecified atom stereocenters. The zero-order valence-corrected chi connectivity index (χ0v) is 5.35. The molecule has 5 heteroatoms. The van der Waals surface area contributed by atoms with Gasteiger partial charge in [-0.25, -0.2) is 0 Å². The van der Waals surface area contributed by atoms with Crippen molar-refractivity contribution in [2.45, 2.75) is 0 Å². The number of benzene rings is 1. The minimum Gasteiger partial charge on any atom is -0.865 e. The SMILES string of the molecule is O=[N+]([O-])c1cccc(O)c1[O-]. The molecule has 5 nitrogen and oxygen atoms in total. The molecule has 0 heterocycles. The first-order valence-electron chi connectivity index (χ1n) is 2.76. The molecule has 0 bridgehead atoms. The summed E-state index contributed by atoms with van der Waals surface area (Å²) in [5, 5.41) is 29.5. The molecule has 0 saturated heterocycles. The van der Waals surface area contributed by atoms with Gasteiger partial charge in [0.15, 0.2) is 0 Å². The Bertz CT molecular complexity index is 297. The number of para-hydroxylation sites is 1. The number of hydrogen-bond donors (Lipinski definition) is 1. The highest BCUT2D eigenvalue weighted by Gasteiger charge is 2.07. The quantitative estimate of drug-likeness (QED) is 0.467. The van der Waals surface area contributed by atoms with Gasteiger partial charge in [-0.15, -0.1) is 0 Å². The molecule has 0 aliphatic rings. The van der Waals surface area contributed by atoms with E-state index in [4.69, 9.17) is 5.11 Å². The summed E-state index contributed by atoms with van der Waals surface area (Å²) in [6.07, 6.45) is 0. The van der Waals surface area contributed by atoms with E-state index in [1.165, 1.54) is 6.07 Å². The van der Waals surface area contributed by atoms with Crippen molar-refractivity contribution in [3.05, 3.63) is 28.3 Å². The van der Waals surface area contributed by atoms with Gasteiger partial charge in [0, 0.05) is 11.8 Å². The average Bonchev–Trinajstić information content (AvgIpc) is 1.94. The van der Waals surface area contributed by atoms with Gasteiger partial charge in [-0.2, -0.15) is 0 Å². The molecule has 0 spiro atoms.